The highest BCUT2D eigenvalue weighted by atomic mass is 32.1. The van der Waals surface area contributed by atoms with Gasteiger partial charge in [0.1, 0.15) is 4.70 Å². The van der Waals surface area contributed by atoms with Crippen LogP contribution in [0.1, 0.15) is 23.3 Å². The van der Waals surface area contributed by atoms with Gasteiger partial charge in [0, 0.05) is 23.9 Å². The van der Waals surface area contributed by atoms with Gasteiger partial charge in [0.2, 0.25) is 11.9 Å². The number of nitrogens with zero attached hydrogens (tertiary/aromatic N) is 3. The predicted molar refractivity (Wildman–Crippen MR) is 131 cm³/mol. The van der Waals surface area contributed by atoms with E-state index in [9.17, 15) is 9.59 Å². The zero-order valence-electron chi connectivity index (χ0n) is 17.6. The summed E-state index contributed by atoms with van der Waals surface area (Å²) in [6, 6.07) is 15.9. The van der Waals surface area contributed by atoms with Crippen LogP contribution >= 0.6 is 22.7 Å². The SMILES string of the molecule is O=C(NCc1cccs1)C1CCN(c2nc3ccsc3c(=O)n2Cc2ccccc2)CC1. The summed E-state index contributed by atoms with van der Waals surface area (Å²) < 4.78 is 2.47. The molecule has 0 aliphatic carbocycles. The summed E-state index contributed by atoms with van der Waals surface area (Å²) in [5.41, 5.74) is 1.81. The highest BCUT2D eigenvalue weighted by molar-refractivity contribution is 7.17. The number of hydrogen-bond acceptors (Lipinski definition) is 6. The van der Waals surface area contributed by atoms with Crippen molar-refractivity contribution in [1.82, 2.24) is 14.9 Å². The van der Waals surface area contributed by atoms with E-state index in [2.05, 4.69) is 10.2 Å². The summed E-state index contributed by atoms with van der Waals surface area (Å²) in [5, 5.41) is 7.00. The number of rotatable bonds is 6. The van der Waals surface area contributed by atoms with Gasteiger partial charge in [0.15, 0.2) is 0 Å². The molecule has 0 unspecified atom stereocenters. The second-order valence-corrected chi connectivity index (χ2v) is 9.93. The Hall–Kier alpha value is -2.97. The quantitative estimate of drug-likeness (QED) is 0.467. The molecule has 0 saturated carbocycles. The minimum Gasteiger partial charge on any atom is -0.351 e. The largest absolute Gasteiger partial charge is 0.351 e. The standard InChI is InChI=1S/C24H24N4O2S2/c29-22(25-15-19-7-4-13-31-19)18-8-11-27(12-9-18)24-26-20-10-14-32-21(20)23(30)28(24)16-17-5-2-1-3-6-17/h1-7,10,13-14,18H,8-9,11-12,15-16H2,(H,25,29). The Kier molecular flexibility index (Phi) is 6.05. The Morgan fingerprint density at radius 2 is 1.84 bits per heavy atom. The van der Waals surface area contributed by atoms with Crippen LogP contribution in [0.2, 0.25) is 0 Å². The number of nitrogens with one attached hydrogen (secondary N) is 1. The van der Waals surface area contributed by atoms with Gasteiger partial charge < -0.3 is 10.2 Å². The summed E-state index contributed by atoms with van der Waals surface area (Å²) in [4.78, 5) is 34.1. The molecule has 5 rings (SSSR count). The molecule has 0 radical (unpaired) electrons. The molecule has 32 heavy (non-hydrogen) atoms. The first kappa shape index (κ1) is 20.9. The second-order valence-electron chi connectivity index (χ2n) is 7.98. The molecule has 3 aromatic heterocycles. The Labute approximate surface area is 194 Å². The molecule has 1 aromatic carbocycles. The van der Waals surface area contributed by atoms with Crippen molar-refractivity contribution in [2.45, 2.75) is 25.9 Å². The molecule has 0 spiro atoms. The van der Waals surface area contributed by atoms with Crippen LogP contribution in [0, 0.1) is 5.92 Å². The molecule has 1 aliphatic heterocycles. The van der Waals surface area contributed by atoms with Crippen molar-refractivity contribution in [2.24, 2.45) is 5.92 Å². The normalized spacial score (nSPS) is 14.7. The van der Waals surface area contributed by atoms with E-state index in [0.717, 1.165) is 28.8 Å². The molecule has 4 aromatic rings. The smallest absolute Gasteiger partial charge is 0.273 e. The lowest BCUT2D eigenvalue weighted by Gasteiger charge is -2.33. The number of anilines is 1. The van der Waals surface area contributed by atoms with Gasteiger partial charge in [-0.05, 0) is 41.3 Å². The minimum absolute atomic E-state index is 0.000308. The van der Waals surface area contributed by atoms with E-state index in [4.69, 9.17) is 4.98 Å². The fourth-order valence-corrected chi connectivity index (χ4v) is 5.58. The van der Waals surface area contributed by atoms with E-state index in [-0.39, 0.29) is 17.4 Å². The molecule has 1 aliphatic rings. The molecular formula is C24H24N4O2S2. The Balaban J connectivity index is 1.34. The average Bonchev–Trinajstić information content (AvgIpc) is 3.52. The highest BCUT2D eigenvalue weighted by Crippen LogP contribution is 2.25. The molecule has 0 bridgehead atoms. The van der Waals surface area contributed by atoms with Crippen LogP contribution in [0.3, 0.4) is 0 Å². The number of carbonyl (C=O) groups excluding carboxylic acids is 1. The molecule has 1 N–H and O–H groups in total. The van der Waals surface area contributed by atoms with Crippen molar-refractivity contribution in [3.63, 3.8) is 0 Å². The maximum absolute atomic E-state index is 13.3. The van der Waals surface area contributed by atoms with Gasteiger partial charge >= 0.3 is 0 Å². The summed E-state index contributed by atoms with van der Waals surface area (Å²) in [7, 11) is 0. The first-order chi connectivity index (χ1) is 15.7. The summed E-state index contributed by atoms with van der Waals surface area (Å²) in [6.07, 6.45) is 1.50. The van der Waals surface area contributed by atoms with Gasteiger partial charge in [0.05, 0.1) is 18.6 Å². The number of aromatic nitrogens is 2. The molecule has 1 fully saturated rings. The third-order valence-corrected chi connectivity index (χ3v) is 7.66. The number of hydrogen-bond donors (Lipinski definition) is 1. The van der Waals surface area contributed by atoms with Crippen molar-refractivity contribution < 1.29 is 4.79 Å². The van der Waals surface area contributed by atoms with Crippen LogP contribution < -0.4 is 15.8 Å². The number of thiophene rings is 2. The van der Waals surface area contributed by atoms with E-state index in [0.29, 0.717) is 36.8 Å². The van der Waals surface area contributed by atoms with Crippen LogP contribution in [0.5, 0.6) is 0 Å². The maximum atomic E-state index is 13.3. The van der Waals surface area contributed by atoms with Crippen LogP contribution in [0.15, 0.2) is 64.1 Å². The topological polar surface area (TPSA) is 67.2 Å². The van der Waals surface area contributed by atoms with Crippen molar-refractivity contribution in [3.05, 3.63) is 80.1 Å². The first-order valence-electron chi connectivity index (χ1n) is 10.8. The summed E-state index contributed by atoms with van der Waals surface area (Å²) in [5.74, 6) is 0.800. The van der Waals surface area contributed by atoms with Crippen LogP contribution in [0.25, 0.3) is 10.2 Å². The van der Waals surface area contributed by atoms with E-state index in [1.807, 2.05) is 59.3 Å². The minimum atomic E-state index is -0.00890. The zero-order chi connectivity index (χ0) is 21.9. The van der Waals surface area contributed by atoms with Crippen molar-refractivity contribution in [2.75, 3.05) is 18.0 Å². The molecule has 164 valence electrons. The fraction of sp³-hybridized carbons (Fsp3) is 0.292. The van der Waals surface area contributed by atoms with Gasteiger partial charge in [-0.25, -0.2) is 4.98 Å². The van der Waals surface area contributed by atoms with Gasteiger partial charge in [-0.1, -0.05) is 36.4 Å². The molecule has 0 atom stereocenters. The Morgan fingerprint density at radius 3 is 2.59 bits per heavy atom. The predicted octanol–water partition coefficient (Wildman–Crippen LogP) is 4.10. The maximum Gasteiger partial charge on any atom is 0.273 e. The first-order valence-corrected chi connectivity index (χ1v) is 12.5. The zero-order valence-corrected chi connectivity index (χ0v) is 19.2. The van der Waals surface area contributed by atoms with Gasteiger partial charge in [-0.3, -0.25) is 14.2 Å². The lowest BCUT2D eigenvalue weighted by Crippen LogP contribution is -2.42. The fourth-order valence-electron chi connectivity index (χ4n) is 4.16. The molecule has 1 amide bonds. The van der Waals surface area contributed by atoms with Crippen LogP contribution in [-0.2, 0) is 17.9 Å². The van der Waals surface area contributed by atoms with E-state index in [1.165, 1.54) is 11.3 Å². The Bertz CT molecular complexity index is 1260. The van der Waals surface area contributed by atoms with Crippen LogP contribution in [0.4, 0.5) is 5.95 Å². The van der Waals surface area contributed by atoms with Crippen molar-refractivity contribution in [3.8, 4) is 0 Å². The number of benzene rings is 1. The lowest BCUT2D eigenvalue weighted by molar-refractivity contribution is -0.125. The lowest BCUT2D eigenvalue weighted by atomic mass is 9.96. The average molecular weight is 465 g/mol. The second kappa shape index (κ2) is 9.26. The van der Waals surface area contributed by atoms with E-state index >= 15 is 0 Å². The molecule has 4 heterocycles. The van der Waals surface area contributed by atoms with Gasteiger partial charge in [-0.15, -0.1) is 22.7 Å². The third-order valence-electron chi connectivity index (χ3n) is 5.89. The van der Waals surface area contributed by atoms with E-state index in [1.54, 1.807) is 15.9 Å². The number of piperidine rings is 1. The van der Waals surface area contributed by atoms with Crippen molar-refractivity contribution in [1.29, 1.82) is 0 Å². The summed E-state index contributed by atoms with van der Waals surface area (Å²) in [6.45, 7) is 2.47. The summed E-state index contributed by atoms with van der Waals surface area (Å²) >= 11 is 3.09. The number of fused-ring (bicyclic) bond motifs is 1. The van der Waals surface area contributed by atoms with Crippen molar-refractivity contribution >= 4 is 44.7 Å². The molecule has 1 saturated heterocycles. The van der Waals surface area contributed by atoms with Gasteiger partial charge in [0.25, 0.3) is 5.56 Å². The van der Waals surface area contributed by atoms with Gasteiger partial charge in [-0.2, -0.15) is 0 Å². The monoisotopic (exact) mass is 464 g/mol. The molecule has 8 heteroatoms. The van der Waals surface area contributed by atoms with E-state index < -0.39 is 0 Å². The number of amides is 1. The van der Waals surface area contributed by atoms with Crippen LogP contribution in [-0.4, -0.2) is 28.5 Å². The third kappa shape index (κ3) is 4.33. The Morgan fingerprint density at radius 1 is 1.03 bits per heavy atom. The molecule has 6 nitrogen and oxygen atoms in total. The molecular weight excluding hydrogens is 440 g/mol. The highest BCUT2D eigenvalue weighted by Gasteiger charge is 2.27. The number of carbonyl (C=O) groups is 1.